The summed E-state index contributed by atoms with van der Waals surface area (Å²) in [6.07, 6.45) is 5.74. The highest BCUT2D eigenvalue weighted by atomic mass is 15.1. The molecule has 330 valence electrons. The number of hydrogen-bond acceptors (Lipinski definition) is 3. The van der Waals surface area contributed by atoms with E-state index in [-0.39, 0.29) is 0 Å². The quantitative estimate of drug-likeness (QED) is 0.150. The van der Waals surface area contributed by atoms with Crippen LogP contribution in [0.1, 0.15) is 0 Å². The van der Waals surface area contributed by atoms with Crippen LogP contribution in [0.25, 0.3) is 138 Å². The maximum atomic E-state index is 5.28. The van der Waals surface area contributed by atoms with Crippen LogP contribution >= 0.6 is 0 Å². The molecule has 0 unspecified atom stereocenters. The molecule has 0 aliphatic carbocycles. The van der Waals surface area contributed by atoms with Crippen molar-refractivity contribution in [2.24, 2.45) is 0 Å². The highest BCUT2D eigenvalue weighted by molar-refractivity contribution is 6.23. The smallest absolute Gasteiger partial charge is 0.146 e. The molecule has 0 spiro atoms. The summed E-state index contributed by atoms with van der Waals surface area (Å²) < 4.78 is 2.16. The first-order valence-corrected chi connectivity index (χ1v) is 24.1. The van der Waals surface area contributed by atoms with Crippen molar-refractivity contribution in [2.75, 3.05) is 0 Å². The molecule has 0 bridgehead atoms. The number of pyridine rings is 3. The maximum Gasteiger partial charge on any atom is 0.146 e. The highest BCUT2D eigenvalue weighted by Crippen LogP contribution is 2.46. The van der Waals surface area contributed by atoms with E-state index in [0.29, 0.717) is 0 Å². The third-order valence-electron chi connectivity index (χ3n) is 14.3. The molecule has 0 saturated heterocycles. The number of hydrogen-bond donors (Lipinski definition) is 0. The molecule has 0 amide bonds. The molecular formula is C67H42N4. The molecule has 14 rings (SSSR count). The van der Waals surface area contributed by atoms with Gasteiger partial charge in [-0.05, 0) is 160 Å². The topological polar surface area (TPSA) is 43.6 Å². The van der Waals surface area contributed by atoms with Crippen molar-refractivity contribution < 1.29 is 0 Å². The fourth-order valence-corrected chi connectivity index (χ4v) is 10.9. The van der Waals surface area contributed by atoms with Crippen molar-refractivity contribution in [2.45, 2.75) is 0 Å². The molecule has 0 aliphatic heterocycles. The number of benzene rings is 10. The zero-order valence-corrected chi connectivity index (χ0v) is 38.5. The summed E-state index contributed by atoms with van der Waals surface area (Å²) in [5.41, 5.74) is 15.4. The second-order valence-corrected chi connectivity index (χ2v) is 18.4. The van der Waals surface area contributed by atoms with Gasteiger partial charge in [0.05, 0.1) is 11.2 Å². The second kappa shape index (κ2) is 16.6. The lowest BCUT2D eigenvalue weighted by Gasteiger charge is -2.19. The second-order valence-electron chi connectivity index (χ2n) is 18.4. The Balaban J connectivity index is 0.961. The molecule has 0 radical (unpaired) electrons. The monoisotopic (exact) mass is 902 g/mol. The molecule has 0 aliphatic rings. The van der Waals surface area contributed by atoms with Crippen LogP contribution in [0.2, 0.25) is 0 Å². The Morgan fingerprint density at radius 1 is 0.296 bits per heavy atom. The van der Waals surface area contributed by atoms with Gasteiger partial charge in [0, 0.05) is 40.5 Å². The van der Waals surface area contributed by atoms with Gasteiger partial charge in [-0.3, -0.25) is 9.55 Å². The van der Waals surface area contributed by atoms with Crippen molar-refractivity contribution in [3.05, 3.63) is 255 Å². The first kappa shape index (κ1) is 40.5. The van der Waals surface area contributed by atoms with Gasteiger partial charge in [-0.15, -0.1) is 0 Å². The van der Waals surface area contributed by atoms with Gasteiger partial charge in [0.15, 0.2) is 0 Å². The molecule has 4 heterocycles. The Kier molecular flexibility index (Phi) is 9.49. The number of fused-ring (bicyclic) bond motifs is 7. The first-order valence-electron chi connectivity index (χ1n) is 24.1. The van der Waals surface area contributed by atoms with Gasteiger partial charge in [-0.1, -0.05) is 170 Å². The Bertz CT molecular complexity index is 4350. The SMILES string of the molecule is c1ccc(-c2ccc3ccc(-c4c5ccccc5c(-c5ccc6ccc(-c7ccccc7)cc6c5)c5cc(-c6cncc(-c7cccc(-n8c9ccccc9c9cccnc98)n7)c6)ccc45)cc3c2)cc1. The lowest BCUT2D eigenvalue weighted by molar-refractivity contribution is 1.06. The van der Waals surface area contributed by atoms with Gasteiger partial charge in [0.2, 0.25) is 0 Å². The molecule has 4 heteroatoms. The van der Waals surface area contributed by atoms with Gasteiger partial charge in [-0.2, -0.15) is 0 Å². The van der Waals surface area contributed by atoms with E-state index in [9.17, 15) is 0 Å². The molecule has 71 heavy (non-hydrogen) atoms. The lowest BCUT2D eigenvalue weighted by Crippen LogP contribution is -1.99. The van der Waals surface area contributed by atoms with Gasteiger partial charge >= 0.3 is 0 Å². The Hall–Kier alpha value is -9.51. The van der Waals surface area contributed by atoms with Crippen LogP contribution in [0, 0.1) is 0 Å². The minimum atomic E-state index is 0.809. The van der Waals surface area contributed by atoms with Crippen LogP contribution in [0.4, 0.5) is 0 Å². The van der Waals surface area contributed by atoms with Gasteiger partial charge < -0.3 is 0 Å². The summed E-state index contributed by atoms with van der Waals surface area (Å²) in [5, 5.41) is 11.9. The van der Waals surface area contributed by atoms with Gasteiger partial charge in [-0.25, -0.2) is 9.97 Å². The summed E-state index contributed by atoms with van der Waals surface area (Å²) in [4.78, 5) is 15.0. The van der Waals surface area contributed by atoms with Crippen LogP contribution in [-0.4, -0.2) is 19.5 Å². The highest BCUT2D eigenvalue weighted by Gasteiger charge is 2.20. The van der Waals surface area contributed by atoms with E-state index in [1.165, 1.54) is 87.6 Å². The normalized spacial score (nSPS) is 11.7. The molecule has 0 atom stereocenters. The predicted octanol–water partition coefficient (Wildman–Crippen LogP) is 17.6. The van der Waals surface area contributed by atoms with E-state index in [2.05, 4.69) is 235 Å². The van der Waals surface area contributed by atoms with Crippen molar-refractivity contribution in [3.63, 3.8) is 0 Å². The summed E-state index contributed by atoms with van der Waals surface area (Å²) in [5.74, 6) is 0.809. The van der Waals surface area contributed by atoms with Gasteiger partial charge in [0.25, 0.3) is 0 Å². The molecular weight excluding hydrogens is 861 g/mol. The average Bonchev–Trinajstić information content (AvgIpc) is 3.79. The summed E-state index contributed by atoms with van der Waals surface area (Å²) in [7, 11) is 0. The molecule has 0 saturated carbocycles. The standard InChI is InChI=1S/C67H42N4/c1-3-13-43(14-4-1)47-28-24-45-26-30-50(37-52(45)35-47)65-57-18-7-8-19-58(57)66(51-31-27-46-25-29-48(36-53(46)38-51)44-15-5-2-6-16-44)61-40-49(32-33-59(61)65)54-39-55(42-68-41-54)62-21-11-23-64(70-62)71-63-22-10-9-17-56(63)60-20-12-34-69-67(60)71/h1-42H. The summed E-state index contributed by atoms with van der Waals surface area (Å²) in [6, 6.07) is 85.7. The van der Waals surface area contributed by atoms with Gasteiger partial charge in [0.1, 0.15) is 11.5 Å². The van der Waals surface area contributed by atoms with E-state index >= 15 is 0 Å². The fraction of sp³-hybridized carbons (Fsp3) is 0. The average molecular weight is 903 g/mol. The predicted molar refractivity (Wildman–Crippen MR) is 297 cm³/mol. The van der Waals surface area contributed by atoms with E-state index < -0.39 is 0 Å². The first-order chi connectivity index (χ1) is 35.2. The summed E-state index contributed by atoms with van der Waals surface area (Å²) in [6.45, 7) is 0. The summed E-state index contributed by atoms with van der Waals surface area (Å²) >= 11 is 0. The van der Waals surface area contributed by atoms with Crippen LogP contribution < -0.4 is 0 Å². The molecule has 10 aromatic carbocycles. The zero-order chi connectivity index (χ0) is 46.8. The third-order valence-corrected chi connectivity index (χ3v) is 14.3. The van der Waals surface area contributed by atoms with Crippen LogP contribution in [-0.2, 0) is 0 Å². The zero-order valence-electron chi connectivity index (χ0n) is 38.5. The Morgan fingerprint density at radius 3 is 1.49 bits per heavy atom. The van der Waals surface area contributed by atoms with Crippen molar-refractivity contribution in [1.29, 1.82) is 0 Å². The van der Waals surface area contributed by atoms with Crippen LogP contribution in [0.3, 0.4) is 0 Å². The van der Waals surface area contributed by atoms with Crippen LogP contribution in [0.5, 0.6) is 0 Å². The minimum Gasteiger partial charge on any atom is -0.278 e. The third kappa shape index (κ3) is 6.96. The fourth-order valence-electron chi connectivity index (χ4n) is 10.9. The van der Waals surface area contributed by atoms with E-state index in [1.54, 1.807) is 0 Å². The Labute approximate surface area is 410 Å². The maximum absolute atomic E-state index is 5.28. The Morgan fingerprint density at radius 2 is 0.817 bits per heavy atom. The minimum absolute atomic E-state index is 0.809. The molecule has 0 N–H and O–H groups in total. The van der Waals surface area contributed by atoms with Crippen molar-refractivity contribution >= 4 is 65.0 Å². The van der Waals surface area contributed by atoms with Crippen molar-refractivity contribution in [3.8, 4) is 72.7 Å². The number of rotatable bonds is 7. The number of nitrogens with zero attached hydrogens (tertiary/aromatic N) is 4. The van der Waals surface area contributed by atoms with E-state index in [4.69, 9.17) is 15.0 Å². The lowest BCUT2D eigenvalue weighted by atomic mass is 9.84. The van der Waals surface area contributed by atoms with E-state index in [0.717, 1.165) is 50.1 Å². The largest absolute Gasteiger partial charge is 0.278 e. The number of para-hydroxylation sites is 1. The molecule has 4 aromatic heterocycles. The molecule has 14 aromatic rings. The molecule has 4 nitrogen and oxygen atoms in total. The number of aromatic nitrogens is 4. The van der Waals surface area contributed by atoms with Crippen LogP contribution in [0.15, 0.2) is 255 Å². The van der Waals surface area contributed by atoms with E-state index in [1.807, 2.05) is 24.7 Å². The van der Waals surface area contributed by atoms with Crippen molar-refractivity contribution in [1.82, 2.24) is 19.5 Å². The molecule has 0 fully saturated rings.